The Morgan fingerprint density at radius 1 is 1.00 bits per heavy atom. The molecular weight excluding hydrogens is 543 g/mol. The lowest BCUT2D eigenvalue weighted by Crippen LogP contribution is -2.45. The number of halogens is 3. The molecule has 3 amide bonds. The number of alkyl halides is 3. The maximum absolute atomic E-state index is 13.9. The Morgan fingerprint density at radius 2 is 1.75 bits per heavy atom. The van der Waals surface area contributed by atoms with Crippen molar-refractivity contribution in [1.82, 2.24) is 19.8 Å². The van der Waals surface area contributed by atoms with Gasteiger partial charge in [-0.3, -0.25) is 15.0 Å². The van der Waals surface area contributed by atoms with Gasteiger partial charge in [0.2, 0.25) is 5.91 Å². The van der Waals surface area contributed by atoms with Crippen molar-refractivity contribution in [3.8, 4) is 11.8 Å². The van der Waals surface area contributed by atoms with Gasteiger partial charge in [0.1, 0.15) is 5.82 Å². The molecule has 3 aromatic rings. The number of nitrogens with zero attached hydrogens (tertiary/aromatic N) is 4. The molecule has 0 saturated carbocycles. The van der Waals surface area contributed by atoms with Crippen LogP contribution in [-0.4, -0.2) is 64.4 Å². The van der Waals surface area contributed by atoms with Crippen LogP contribution in [0.2, 0.25) is 0 Å². The van der Waals surface area contributed by atoms with Crippen molar-refractivity contribution >= 4 is 39.9 Å². The first-order valence-electron chi connectivity index (χ1n) is 12.5. The number of carbonyl (C=O) groups excluding carboxylic acids is 2. The maximum atomic E-state index is 13.9. The zero-order valence-corrected chi connectivity index (χ0v) is 22.7. The van der Waals surface area contributed by atoms with Crippen LogP contribution >= 0.6 is 11.3 Å². The lowest BCUT2D eigenvalue weighted by atomic mass is 10.0. The fourth-order valence-corrected chi connectivity index (χ4v) is 4.81. The van der Waals surface area contributed by atoms with Crippen molar-refractivity contribution in [1.29, 1.82) is 0 Å². The molecule has 4 rings (SSSR count). The second-order valence-electron chi connectivity index (χ2n) is 9.05. The molecule has 0 aliphatic carbocycles. The highest BCUT2D eigenvalue weighted by Crippen LogP contribution is 2.34. The molecule has 3 N–H and O–H groups in total. The van der Waals surface area contributed by atoms with Gasteiger partial charge >= 0.3 is 12.2 Å². The summed E-state index contributed by atoms with van der Waals surface area (Å²) in [4.78, 5) is 36.7. The molecule has 0 atom stereocenters. The van der Waals surface area contributed by atoms with Crippen LogP contribution in [0.15, 0.2) is 42.7 Å². The summed E-state index contributed by atoms with van der Waals surface area (Å²) in [5, 5.41) is 7.99. The van der Waals surface area contributed by atoms with Crippen molar-refractivity contribution < 1.29 is 22.8 Å². The minimum Gasteiger partial charge on any atom is -0.308 e. The molecule has 1 aromatic carbocycles. The Hall–Kier alpha value is -3.99. The zero-order chi connectivity index (χ0) is 28.7. The quantitative estimate of drug-likeness (QED) is 0.371. The molecule has 0 spiro atoms. The van der Waals surface area contributed by atoms with Gasteiger partial charge in [-0.15, -0.1) is 0 Å². The summed E-state index contributed by atoms with van der Waals surface area (Å²) < 4.78 is 41.6. The van der Waals surface area contributed by atoms with Crippen molar-refractivity contribution in [3.63, 3.8) is 0 Å². The Morgan fingerprint density at radius 3 is 2.45 bits per heavy atom. The molecule has 9 nitrogen and oxygen atoms in total. The Kier molecular flexibility index (Phi) is 9.36. The molecule has 0 bridgehead atoms. The van der Waals surface area contributed by atoms with E-state index in [1.54, 1.807) is 6.07 Å². The highest BCUT2D eigenvalue weighted by atomic mass is 32.1. The highest BCUT2D eigenvalue weighted by Gasteiger charge is 2.34. The first kappa shape index (κ1) is 29.0. The van der Waals surface area contributed by atoms with Crippen molar-refractivity contribution in [2.24, 2.45) is 0 Å². The number of carbonyl (C=O) groups is 2. The predicted octanol–water partition coefficient (Wildman–Crippen LogP) is 4.70. The van der Waals surface area contributed by atoms with Crippen LogP contribution in [0, 0.1) is 11.8 Å². The molecule has 210 valence electrons. The second-order valence-corrected chi connectivity index (χ2v) is 10.1. The standard InChI is InChI=1S/C27H28F3N7O2S/c1-3-36-10-12-37(13-11-36)17-20-5-6-21(15-23(20)27(28,29)30)34-25(39)35-24-14-19(8-9-31-24)4-7-22-16-32-26(40-22)33-18(2)38/h5-6,8-9,14-16H,3,10-13,17H2,1-2H3,(H,32,33,38)(H2,31,34,35,39). The number of thiazole rings is 1. The van der Waals surface area contributed by atoms with Crippen molar-refractivity contribution in [2.45, 2.75) is 26.6 Å². The smallest absolute Gasteiger partial charge is 0.308 e. The summed E-state index contributed by atoms with van der Waals surface area (Å²) in [7, 11) is 0. The normalized spacial score (nSPS) is 14.2. The monoisotopic (exact) mass is 571 g/mol. The number of amides is 3. The second kappa shape index (κ2) is 12.9. The number of hydrogen-bond acceptors (Lipinski definition) is 7. The summed E-state index contributed by atoms with van der Waals surface area (Å²) >= 11 is 1.21. The molecule has 0 unspecified atom stereocenters. The Bertz CT molecular complexity index is 1420. The predicted molar refractivity (Wildman–Crippen MR) is 148 cm³/mol. The van der Waals surface area contributed by atoms with Crippen LogP contribution in [0.1, 0.15) is 35.4 Å². The van der Waals surface area contributed by atoms with E-state index in [1.165, 1.54) is 48.9 Å². The van der Waals surface area contributed by atoms with E-state index in [2.05, 4.69) is 49.6 Å². The fourth-order valence-electron chi connectivity index (χ4n) is 4.09. The molecule has 13 heteroatoms. The minimum absolute atomic E-state index is 0.0143. The van der Waals surface area contributed by atoms with Gasteiger partial charge in [0.15, 0.2) is 5.13 Å². The van der Waals surface area contributed by atoms with E-state index in [0.29, 0.717) is 28.7 Å². The first-order valence-corrected chi connectivity index (χ1v) is 13.3. The summed E-state index contributed by atoms with van der Waals surface area (Å²) in [6.45, 7) is 7.61. The number of benzene rings is 1. The molecular formula is C27H28F3N7O2S. The van der Waals surface area contributed by atoms with Gasteiger partial charge in [0.05, 0.1) is 16.6 Å². The van der Waals surface area contributed by atoms with Crippen molar-refractivity contribution in [2.75, 3.05) is 48.7 Å². The molecule has 3 heterocycles. The van der Waals surface area contributed by atoms with Gasteiger partial charge in [0.25, 0.3) is 0 Å². The number of nitrogens with one attached hydrogen (secondary N) is 3. The molecule has 1 fully saturated rings. The van der Waals surface area contributed by atoms with E-state index in [0.717, 1.165) is 25.7 Å². The largest absolute Gasteiger partial charge is 0.416 e. The van der Waals surface area contributed by atoms with Crippen molar-refractivity contribution in [3.05, 3.63) is 64.3 Å². The van der Waals surface area contributed by atoms with E-state index in [9.17, 15) is 22.8 Å². The van der Waals surface area contributed by atoms with Crippen LogP contribution in [0.3, 0.4) is 0 Å². The number of hydrogen-bond donors (Lipinski definition) is 3. The number of rotatable bonds is 6. The number of urea groups is 1. The van der Waals surface area contributed by atoms with Gasteiger partial charge in [-0.1, -0.05) is 30.2 Å². The highest BCUT2D eigenvalue weighted by molar-refractivity contribution is 7.16. The molecule has 0 radical (unpaired) electrons. The van der Waals surface area contributed by atoms with Gasteiger partial charge in [-0.25, -0.2) is 14.8 Å². The van der Waals surface area contributed by atoms with Gasteiger partial charge < -0.3 is 15.5 Å². The van der Waals surface area contributed by atoms with E-state index in [4.69, 9.17) is 0 Å². The van der Waals surface area contributed by atoms with E-state index >= 15 is 0 Å². The molecule has 40 heavy (non-hydrogen) atoms. The number of piperazine rings is 1. The minimum atomic E-state index is -4.57. The fraction of sp³-hybridized carbons (Fsp3) is 0.333. The van der Waals surface area contributed by atoms with E-state index < -0.39 is 17.8 Å². The average Bonchev–Trinajstić information content (AvgIpc) is 3.35. The molecule has 1 aliphatic heterocycles. The molecule has 2 aromatic heterocycles. The third-order valence-corrected chi connectivity index (χ3v) is 6.93. The number of pyridine rings is 1. The van der Waals surface area contributed by atoms with Crippen LogP contribution in [0.4, 0.5) is 34.6 Å². The van der Waals surface area contributed by atoms with E-state index in [-0.39, 0.29) is 29.5 Å². The zero-order valence-electron chi connectivity index (χ0n) is 21.9. The van der Waals surface area contributed by atoms with Crippen LogP contribution in [0.25, 0.3) is 0 Å². The van der Waals surface area contributed by atoms with Gasteiger partial charge in [0, 0.05) is 57.1 Å². The lowest BCUT2D eigenvalue weighted by molar-refractivity contribution is -0.138. The summed E-state index contributed by atoms with van der Waals surface area (Å²) in [6, 6.07) is 6.27. The molecule has 1 aliphatic rings. The number of aromatic nitrogens is 2. The Balaban J connectivity index is 1.40. The number of anilines is 3. The summed E-state index contributed by atoms with van der Waals surface area (Å²) in [6.07, 6.45) is -1.58. The molecule has 1 saturated heterocycles. The van der Waals surface area contributed by atoms with Crippen LogP contribution < -0.4 is 16.0 Å². The van der Waals surface area contributed by atoms with Crippen LogP contribution in [-0.2, 0) is 17.5 Å². The summed E-state index contributed by atoms with van der Waals surface area (Å²) in [5.41, 5.74) is -0.0476. The Labute approximate surface area is 233 Å². The average molecular weight is 572 g/mol. The lowest BCUT2D eigenvalue weighted by Gasteiger charge is -2.34. The van der Waals surface area contributed by atoms with Gasteiger partial charge in [-0.2, -0.15) is 13.2 Å². The summed E-state index contributed by atoms with van der Waals surface area (Å²) in [5.74, 6) is 5.79. The maximum Gasteiger partial charge on any atom is 0.416 e. The van der Waals surface area contributed by atoms with E-state index in [1.807, 2.05) is 4.90 Å². The van der Waals surface area contributed by atoms with Crippen LogP contribution in [0.5, 0.6) is 0 Å². The SMILES string of the molecule is CCN1CCN(Cc2ccc(NC(=O)Nc3cc(C#Cc4cnc(NC(C)=O)s4)ccn3)cc2C(F)(F)F)CC1. The third kappa shape index (κ3) is 8.25. The topological polar surface area (TPSA) is 102 Å². The van der Waals surface area contributed by atoms with Gasteiger partial charge in [-0.05, 0) is 42.3 Å². The number of likely N-dealkylation sites (N-methyl/N-ethyl adjacent to an activating group) is 1. The third-order valence-electron chi connectivity index (χ3n) is 6.10. The first-order chi connectivity index (χ1) is 19.1.